The molecule has 0 aliphatic heterocycles. The minimum absolute atomic E-state index is 0. The fraction of sp³-hybridized carbons (Fsp3) is 0.350. The number of guanidine groups is 1. The highest BCUT2D eigenvalue weighted by Gasteiger charge is 2.22. The third-order valence-corrected chi connectivity index (χ3v) is 4.66. The molecule has 0 aromatic heterocycles. The molecule has 0 saturated heterocycles. The first-order chi connectivity index (χ1) is 12.6. The van der Waals surface area contributed by atoms with Gasteiger partial charge in [-0.25, -0.2) is 18.1 Å². The number of para-hydroxylation sites is 1. The SMILES string of the molecule is Cc1ccc(CN=C(NCC(C)(C)NS(C)(=O)=O)Nc2ccccc2)cc1.I. The first-order valence-electron chi connectivity index (χ1n) is 8.78. The van der Waals surface area contributed by atoms with Gasteiger partial charge in [0, 0.05) is 17.8 Å². The fourth-order valence-corrected chi connectivity index (χ4v) is 3.58. The van der Waals surface area contributed by atoms with Gasteiger partial charge in [0.2, 0.25) is 10.0 Å². The number of benzene rings is 2. The Kier molecular flexibility index (Phi) is 9.38. The summed E-state index contributed by atoms with van der Waals surface area (Å²) in [7, 11) is -3.30. The van der Waals surface area contributed by atoms with E-state index in [1.165, 1.54) is 5.56 Å². The van der Waals surface area contributed by atoms with Gasteiger partial charge in [0.25, 0.3) is 0 Å². The number of hydrogen-bond acceptors (Lipinski definition) is 3. The second kappa shape index (κ2) is 10.8. The summed E-state index contributed by atoms with van der Waals surface area (Å²) < 4.78 is 25.7. The normalized spacial score (nSPS) is 12.2. The van der Waals surface area contributed by atoms with E-state index in [0.717, 1.165) is 17.5 Å². The largest absolute Gasteiger partial charge is 0.354 e. The Bertz CT molecular complexity index is 867. The number of aryl methyl sites for hydroxylation is 1. The van der Waals surface area contributed by atoms with Crippen molar-refractivity contribution in [2.45, 2.75) is 32.9 Å². The van der Waals surface area contributed by atoms with Crippen LogP contribution in [0.1, 0.15) is 25.0 Å². The Morgan fingerprint density at radius 1 is 1.04 bits per heavy atom. The average molecular weight is 516 g/mol. The number of rotatable bonds is 7. The monoisotopic (exact) mass is 516 g/mol. The summed E-state index contributed by atoms with van der Waals surface area (Å²) in [4.78, 5) is 4.64. The molecule has 0 aliphatic carbocycles. The van der Waals surface area contributed by atoms with Gasteiger partial charge in [-0.05, 0) is 38.5 Å². The minimum Gasteiger partial charge on any atom is -0.354 e. The number of halogens is 1. The number of anilines is 1. The zero-order chi connectivity index (χ0) is 19.9. The summed E-state index contributed by atoms with van der Waals surface area (Å²) in [6, 6.07) is 17.9. The van der Waals surface area contributed by atoms with E-state index >= 15 is 0 Å². The van der Waals surface area contributed by atoms with Crippen molar-refractivity contribution in [3.8, 4) is 0 Å². The van der Waals surface area contributed by atoms with Crippen molar-refractivity contribution in [3.63, 3.8) is 0 Å². The molecule has 2 rings (SSSR count). The molecule has 28 heavy (non-hydrogen) atoms. The lowest BCUT2D eigenvalue weighted by atomic mass is 10.1. The standard InChI is InChI=1S/C20H28N4O2S.HI/c1-16-10-12-17(13-11-16)14-21-19(23-18-8-6-5-7-9-18)22-15-20(2,3)24-27(4,25)26;/h5-13,24H,14-15H2,1-4H3,(H2,21,22,23);1H. The van der Waals surface area contributed by atoms with Crippen LogP contribution in [0.15, 0.2) is 59.6 Å². The topological polar surface area (TPSA) is 82.6 Å². The molecule has 3 N–H and O–H groups in total. The van der Waals surface area contributed by atoms with E-state index in [-0.39, 0.29) is 24.0 Å². The highest BCUT2D eigenvalue weighted by atomic mass is 127. The molecule has 0 atom stereocenters. The van der Waals surface area contributed by atoms with Crippen LogP contribution >= 0.6 is 24.0 Å². The lowest BCUT2D eigenvalue weighted by molar-refractivity contribution is 0.448. The highest BCUT2D eigenvalue weighted by molar-refractivity contribution is 14.0. The van der Waals surface area contributed by atoms with Crippen LogP contribution in [0.5, 0.6) is 0 Å². The van der Waals surface area contributed by atoms with Gasteiger partial charge < -0.3 is 10.6 Å². The van der Waals surface area contributed by atoms with Crippen molar-refractivity contribution in [1.29, 1.82) is 0 Å². The van der Waals surface area contributed by atoms with Gasteiger partial charge in [-0.3, -0.25) is 0 Å². The Balaban J connectivity index is 0.00000392. The molecule has 0 bridgehead atoms. The molecule has 0 saturated carbocycles. The molecule has 0 fully saturated rings. The molecule has 2 aromatic carbocycles. The summed E-state index contributed by atoms with van der Waals surface area (Å²) in [5.41, 5.74) is 2.55. The van der Waals surface area contributed by atoms with Gasteiger partial charge in [0.15, 0.2) is 5.96 Å². The molecule has 0 radical (unpaired) electrons. The van der Waals surface area contributed by atoms with Gasteiger partial charge in [0.1, 0.15) is 0 Å². The van der Waals surface area contributed by atoms with Gasteiger partial charge in [0.05, 0.1) is 12.8 Å². The van der Waals surface area contributed by atoms with Crippen LogP contribution in [0.25, 0.3) is 0 Å². The molecule has 0 spiro atoms. The van der Waals surface area contributed by atoms with Crippen LogP contribution in [0.3, 0.4) is 0 Å². The number of nitrogens with one attached hydrogen (secondary N) is 3. The zero-order valence-corrected chi connectivity index (χ0v) is 19.8. The quantitative estimate of drug-likeness (QED) is 0.299. The maximum Gasteiger partial charge on any atom is 0.209 e. The van der Waals surface area contributed by atoms with Crippen LogP contribution in [0.2, 0.25) is 0 Å². The van der Waals surface area contributed by atoms with Gasteiger partial charge in [-0.1, -0.05) is 48.0 Å². The lowest BCUT2D eigenvalue weighted by Crippen LogP contribution is -2.52. The molecule has 6 nitrogen and oxygen atoms in total. The molecular formula is C20H29IN4O2S. The van der Waals surface area contributed by atoms with E-state index in [1.807, 2.05) is 63.2 Å². The molecule has 0 aliphatic rings. The van der Waals surface area contributed by atoms with Gasteiger partial charge in [-0.15, -0.1) is 24.0 Å². The van der Waals surface area contributed by atoms with E-state index in [4.69, 9.17) is 0 Å². The summed E-state index contributed by atoms with van der Waals surface area (Å²) in [6.45, 7) is 6.59. The Morgan fingerprint density at radius 3 is 2.21 bits per heavy atom. The molecule has 0 unspecified atom stereocenters. The van der Waals surface area contributed by atoms with Crippen molar-refractivity contribution in [3.05, 3.63) is 65.7 Å². The highest BCUT2D eigenvalue weighted by Crippen LogP contribution is 2.08. The summed E-state index contributed by atoms with van der Waals surface area (Å²) in [6.07, 6.45) is 1.16. The maximum atomic E-state index is 11.5. The Labute approximate surface area is 185 Å². The van der Waals surface area contributed by atoms with E-state index in [2.05, 4.69) is 32.5 Å². The molecule has 154 valence electrons. The molecule has 0 heterocycles. The first-order valence-corrected chi connectivity index (χ1v) is 10.7. The second-order valence-electron chi connectivity index (χ2n) is 7.25. The van der Waals surface area contributed by atoms with E-state index in [9.17, 15) is 8.42 Å². The zero-order valence-electron chi connectivity index (χ0n) is 16.7. The van der Waals surface area contributed by atoms with Crippen molar-refractivity contribution >= 4 is 45.6 Å². The summed E-state index contributed by atoms with van der Waals surface area (Å²) in [5.74, 6) is 0.588. The summed E-state index contributed by atoms with van der Waals surface area (Å²) >= 11 is 0. The van der Waals surface area contributed by atoms with Crippen LogP contribution in [0, 0.1) is 6.92 Å². The van der Waals surface area contributed by atoms with Gasteiger partial charge >= 0.3 is 0 Å². The van der Waals surface area contributed by atoms with Crippen molar-refractivity contribution in [1.82, 2.24) is 10.0 Å². The Morgan fingerprint density at radius 2 is 1.64 bits per heavy atom. The minimum atomic E-state index is -3.30. The lowest BCUT2D eigenvalue weighted by Gasteiger charge is -2.26. The van der Waals surface area contributed by atoms with Crippen molar-refractivity contribution in [2.24, 2.45) is 4.99 Å². The third kappa shape index (κ3) is 9.52. The Hall–Kier alpha value is -1.65. The van der Waals surface area contributed by atoms with Crippen LogP contribution in [-0.2, 0) is 16.6 Å². The number of nitrogens with zero attached hydrogens (tertiary/aromatic N) is 1. The second-order valence-corrected chi connectivity index (χ2v) is 9.00. The molecule has 0 amide bonds. The third-order valence-electron chi connectivity index (χ3n) is 3.74. The van der Waals surface area contributed by atoms with Crippen molar-refractivity contribution < 1.29 is 8.42 Å². The smallest absolute Gasteiger partial charge is 0.209 e. The van der Waals surface area contributed by atoms with Gasteiger partial charge in [-0.2, -0.15) is 0 Å². The number of aliphatic imine (C=N–C) groups is 1. The maximum absolute atomic E-state index is 11.5. The van der Waals surface area contributed by atoms with Crippen LogP contribution in [-0.4, -0.2) is 32.7 Å². The van der Waals surface area contributed by atoms with E-state index in [1.54, 1.807) is 0 Å². The summed E-state index contributed by atoms with van der Waals surface area (Å²) in [5, 5.41) is 6.48. The van der Waals surface area contributed by atoms with Crippen LogP contribution < -0.4 is 15.4 Å². The number of hydrogen-bond donors (Lipinski definition) is 3. The molecule has 8 heteroatoms. The van der Waals surface area contributed by atoms with E-state index in [0.29, 0.717) is 19.0 Å². The predicted octanol–water partition coefficient (Wildman–Crippen LogP) is 3.50. The number of sulfonamides is 1. The predicted molar refractivity (Wildman–Crippen MR) is 128 cm³/mol. The fourth-order valence-electron chi connectivity index (χ4n) is 2.50. The first kappa shape index (κ1) is 24.4. The average Bonchev–Trinajstić information content (AvgIpc) is 2.57. The molecule has 2 aromatic rings. The molecular weight excluding hydrogens is 487 g/mol. The van der Waals surface area contributed by atoms with Crippen LogP contribution in [0.4, 0.5) is 5.69 Å². The van der Waals surface area contributed by atoms with Crippen molar-refractivity contribution in [2.75, 3.05) is 18.1 Å². The van der Waals surface area contributed by atoms with E-state index < -0.39 is 15.6 Å².